The number of halogens is 1. The van der Waals surface area contributed by atoms with Crippen molar-refractivity contribution in [1.29, 1.82) is 0 Å². The SMILES string of the molecule is O=C1CN(C/C=C/CCCNS(=O)(=O)c2ccc(F)c(OCC3CC3)c2)C(=O)N1. The number of amides is 3. The zero-order chi connectivity index (χ0) is 20.9. The first kappa shape index (κ1) is 21.3. The highest BCUT2D eigenvalue weighted by Crippen LogP contribution is 2.30. The van der Waals surface area contributed by atoms with Gasteiger partial charge in [-0.1, -0.05) is 12.2 Å². The van der Waals surface area contributed by atoms with Gasteiger partial charge in [0.15, 0.2) is 11.6 Å². The van der Waals surface area contributed by atoms with E-state index in [9.17, 15) is 22.4 Å². The number of carbonyl (C=O) groups excluding carboxylic acids is 2. The molecule has 3 rings (SSSR count). The minimum Gasteiger partial charge on any atom is -0.490 e. The zero-order valence-corrected chi connectivity index (χ0v) is 16.7. The third-order valence-electron chi connectivity index (χ3n) is 4.58. The summed E-state index contributed by atoms with van der Waals surface area (Å²) in [5, 5.41) is 2.19. The molecule has 2 N–H and O–H groups in total. The molecule has 158 valence electrons. The van der Waals surface area contributed by atoms with Gasteiger partial charge >= 0.3 is 6.03 Å². The summed E-state index contributed by atoms with van der Waals surface area (Å²) in [4.78, 5) is 23.8. The lowest BCUT2D eigenvalue weighted by atomic mass is 10.3. The molecule has 0 unspecified atom stereocenters. The van der Waals surface area contributed by atoms with E-state index in [0.717, 1.165) is 18.9 Å². The van der Waals surface area contributed by atoms with Crippen molar-refractivity contribution in [1.82, 2.24) is 14.9 Å². The molecule has 10 heteroatoms. The summed E-state index contributed by atoms with van der Waals surface area (Å²) in [6.45, 7) is 0.980. The lowest BCUT2D eigenvalue weighted by Crippen LogP contribution is -2.28. The van der Waals surface area contributed by atoms with Crippen LogP contribution in [0.2, 0.25) is 0 Å². The van der Waals surface area contributed by atoms with Gasteiger partial charge in [0.05, 0.1) is 11.5 Å². The molecule has 1 aliphatic carbocycles. The second-order valence-electron chi connectivity index (χ2n) is 7.09. The number of allylic oxidation sites excluding steroid dienone is 1. The average molecular weight is 425 g/mol. The van der Waals surface area contributed by atoms with Crippen LogP contribution in [-0.4, -0.2) is 51.5 Å². The molecule has 1 saturated heterocycles. The zero-order valence-electron chi connectivity index (χ0n) is 15.9. The van der Waals surface area contributed by atoms with Gasteiger partial charge in [0.2, 0.25) is 15.9 Å². The predicted molar refractivity (Wildman–Crippen MR) is 103 cm³/mol. The second kappa shape index (κ2) is 9.36. The molecule has 2 fully saturated rings. The Balaban J connectivity index is 1.41. The van der Waals surface area contributed by atoms with Crippen molar-refractivity contribution in [3.05, 3.63) is 36.2 Å². The van der Waals surface area contributed by atoms with Crippen LogP contribution in [0.15, 0.2) is 35.2 Å². The van der Waals surface area contributed by atoms with E-state index in [-0.39, 0.29) is 29.6 Å². The molecular weight excluding hydrogens is 401 g/mol. The standard InChI is InChI=1S/C19H24FN3O5S/c20-16-8-7-15(11-17(16)28-13-14-5-6-14)29(26,27)21-9-3-1-2-4-10-23-12-18(24)22-19(23)25/h2,4,7-8,11,14,21H,1,3,5-6,9-10,12-13H2,(H,22,24,25)/b4-2+. The maximum atomic E-state index is 13.8. The van der Waals surface area contributed by atoms with Crippen molar-refractivity contribution in [2.75, 3.05) is 26.2 Å². The first-order valence-corrected chi connectivity index (χ1v) is 11.0. The van der Waals surface area contributed by atoms with Crippen molar-refractivity contribution in [2.24, 2.45) is 5.92 Å². The summed E-state index contributed by atoms with van der Waals surface area (Å²) in [6, 6.07) is 3.11. The molecule has 1 saturated carbocycles. The minimum atomic E-state index is -3.76. The van der Waals surface area contributed by atoms with Gasteiger partial charge in [0.1, 0.15) is 6.54 Å². The molecule has 0 bridgehead atoms. The van der Waals surface area contributed by atoms with Crippen LogP contribution in [0.25, 0.3) is 0 Å². The fraction of sp³-hybridized carbons (Fsp3) is 0.474. The smallest absolute Gasteiger partial charge is 0.324 e. The third-order valence-corrected chi connectivity index (χ3v) is 6.04. The number of hydrogen-bond acceptors (Lipinski definition) is 5. The van der Waals surface area contributed by atoms with Crippen LogP contribution in [-0.2, 0) is 14.8 Å². The van der Waals surface area contributed by atoms with Crippen molar-refractivity contribution >= 4 is 22.0 Å². The van der Waals surface area contributed by atoms with Crippen LogP contribution >= 0.6 is 0 Å². The lowest BCUT2D eigenvalue weighted by molar-refractivity contribution is -0.118. The van der Waals surface area contributed by atoms with Crippen molar-refractivity contribution in [2.45, 2.75) is 30.6 Å². The topological polar surface area (TPSA) is 105 Å². The van der Waals surface area contributed by atoms with Crippen LogP contribution in [0, 0.1) is 11.7 Å². The summed E-state index contributed by atoms with van der Waals surface area (Å²) in [5.41, 5.74) is 0. The highest BCUT2D eigenvalue weighted by molar-refractivity contribution is 7.89. The summed E-state index contributed by atoms with van der Waals surface area (Å²) in [6.07, 6.45) is 6.85. The van der Waals surface area contributed by atoms with Crippen LogP contribution in [0.3, 0.4) is 0 Å². The summed E-state index contributed by atoms with van der Waals surface area (Å²) in [5.74, 6) is -0.517. The van der Waals surface area contributed by atoms with Gasteiger partial charge in [0.25, 0.3) is 0 Å². The number of imide groups is 1. The third kappa shape index (κ3) is 6.26. The lowest BCUT2D eigenvalue weighted by Gasteiger charge is -2.10. The molecule has 2 aliphatic rings. The number of hydrogen-bond donors (Lipinski definition) is 2. The van der Waals surface area contributed by atoms with Gasteiger partial charge in [-0.25, -0.2) is 22.3 Å². The van der Waals surface area contributed by atoms with E-state index in [1.165, 1.54) is 17.0 Å². The molecule has 29 heavy (non-hydrogen) atoms. The largest absolute Gasteiger partial charge is 0.490 e. The maximum Gasteiger partial charge on any atom is 0.324 e. The van der Waals surface area contributed by atoms with E-state index in [0.29, 0.717) is 31.9 Å². The molecule has 0 radical (unpaired) electrons. The predicted octanol–water partition coefficient (Wildman–Crippen LogP) is 1.78. The summed E-state index contributed by atoms with van der Waals surface area (Å²) >= 11 is 0. The Morgan fingerprint density at radius 1 is 1.28 bits per heavy atom. The minimum absolute atomic E-state index is 0.0371. The van der Waals surface area contributed by atoms with Crippen LogP contribution in [0.5, 0.6) is 5.75 Å². The Hall–Kier alpha value is -2.46. The van der Waals surface area contributed by atoms with Crippen LogP contribution in [0.1, 0.15) is 25.7 Å². The Kier molecular flexibility index (Phi) is 6.86. The number of sulfonamides is 1. The maximum absolute atomic E-state index is 13.8. The van der Waals surface area contributed by atoms with E-state index in [2.05, 4.69) is 10.0 Å². The quantitative estimate of drug-likeness (QED) is 0.319. The number of carbonyl (C=O) groups is 2. The van der Waals surface area contributed by atoms with Gasteiger partial charge in [-0.2, -0.15) is 0 Å². The van der Waals surface area contributed by atoms with Crippen molar-refractivity contribution in [3.63, 3.8) is 0 Å². The average Bonchev–Trinajstić information content (AvgIpc) is 3.44. The number of nitrogens with one attached hydrogen (secondary N) is 2. The first-order chi connectivity index (χ1) is 13.8. The number of benzene rings is 1. The van der Waals surface area contributed by atoms with Crippen LogP contribution < -0.4 is 14.8 Å². The fourth-order valence-electron chi connectivity index (χ4n) is 2.71. The Labute approximate surface area is 169 Å². The molecule has 1 heterocycles. The van der Waals surface area contributed by atoms with Gasteiger partial charge in [-0.3, -0.25) is 10.1 Å². The molecule has 1 aromatic rings. The highest BCUT2D eigenvalue weighted by Gasteiger charge is 2.25. The second-order valence-corrected chi connectivity index (χ2v) is 8.86. The van der Waals surface area contributed by atoms with E-state index in [1.807, 2.05) is 6.08 Å². The molecular formula is C19H24FN3O5S. The monoisotopic (exact) mass is 425 g/mol. The van der Waals surface area contributed by atoms with Gasteiger partial charge in [0, 0.05) is 19.2 Å². The number of nitrogens with zero attached hydrogens (tertiary/aromatic N) is 1. The Morgan fingerprint density at radius 3 is 2.76 bits per heavy atom. The van der Waals surface area contributed by atoms with Crippen molar-refractivity contribution in [3.8, 4) is 5.75 Å². The number of rotatable bonds is 11. The highest BCUT2D eigenvalue weighted by atomic mass is 32.2. The molecule has 1 aromatic carbocycles. The molecule has 0 atom stereocenters. The summed E-state index contributed by atoms with van der Waals surface area (Å²) < 4.78 is 46.5. The molecule has 8 nitrogen and oxygen atoms in total. The van der Waals surface area contributed by atoms with E-state index in [1.54, 1.807) is 6.08 Å². The fourth-order valence-corrected chi connectivity index (χ4v) is 3.80. The Morgan fingerprint density at radius 2 is 2.07 bits per heavy atom. The number of urea groups is 1. The van der Waals surface area contributed by atoms with Gasteiger partial charge < -0.3 is 9.64 Å². The number of unbranched alkanes of at least 4 members (excludes halogenated alkanes) is 1. The van der Waals surface area contributed by atoms with Gasteiger partial charge in [-0.05, 0) is 43.7 Å². The van der Waals surface area contributed by atoms with E-state index in [4.69, 9.17) is 4.74 Å². The Bertz CT molecular complexity index is 899. The van der Waals surface area contributed by atoms with E-state index >= 15 is 0 Å². The normalized spacial score (nSPS) is 17.2. The van der Waals surface area contributed by atoms with Crippen LogP contribution in [0.4, 0.5) is 9.18 Å². The van der Waals surface area contributed by atoms with Crippen molar-refractivity contribution < 1.29 is 27.1 Å². The molecule has 3 amide bonds. The van der Waals surface area contributed by atoms with Gasteiger partial charge in [-0.15, -0.1) is 0 Å². The summed E-state index contributed by atoms with van der Waals surface area (Å²) in [7, 11) is -3.76. The van der Waals surface area contributed by atoms with E-state index < -0.39 is 21.9 Å². The molecule has 0 aromatic heterocycles. The first-order valence-electron chi connectivity index (χ1n) is 9.51. The number of ether oxygens (including phenoxy) is 1. The molecule has 1 aliphatic heterocycles. The molecule has 0 spiro atoms.